The Kier molecular flexibility index (Phi) is 6.90. The van der Waals surface area contributed by atoms with Crippen LogP contribution in [-0.4, -0.2) is 37.3 Å². The molecule has 0 saturated heterocycles. The summed E-state index contributed by atoms with van der Waals surface area (Å²) in [6.07, 6.45) is 2.24. The second kappa shape index (κ2) is 9.78. The van der Waals surface area contributed by atoms with E-state index >= 15 is 0 Å². The number of ether oxygens (including phenoxy) is 1. The van der Waals surface area contributed by atoms with Crippen LogP contribution < -0.4 is 4.74 Å². The van der Waals surface area contributed by atoms with Crippen LogP contribution in [0.2, 0.25) is 0 Å². The fraction of sp³-hybridized carbons (Fsp3) is 0.318. The summed E-state index contributed by atoms with van der Waals surface area (Å²) in [5, 5.41) is 23.8. The Bertz CT molecular complexity index is 1010. The number of benzene rings is 2. The maximum Gasteiger partial charge on any atom is 0.163 e. The number of hydrogen-bond acceptors (Lipinski definition) is 7. The van der Waals surface area contributed by atoms with Gasteiger partial charge >= 0.3 is 0 Å². The number of aromatic nitrogens is 4. The van der Waals surface area contributed by atoms with Crippen molar-refractivity contribution in [3.05, 3.63) is 64.5 Å². The summed E-state index contributed by atoms with van der Waals surface area (Å²) in [6, 6.07) is 10.4. The van der Waals surface area contributed by atoms with Crippen LogP contribution in [0.25, 0.3) is 0 Å². The van der Waals surface area contributed by atoms with E-state index in [4.69, 9.17) is 4.74 Å². The minimum atomic E-state index is -0.169. The summed E-state index contributed by atoms with van der Waals surface area (Å²) in [5.41, 5.74) is 2.48. The highest BCUT2D eigenvalue weighted by molar-refractivity contribution is 5.97. The minimum absolute atomic E-state index is 0.00655. The molecule has 8 nitrogen and oxygen atoms in total. The van der Waals surface area contributed by atoms with E-state index in [1.165, 1.54) is 6.92 Å². The molecule has 0 bridgehead atoms. The van der Waals surface area contributed by atoms with Gasteiger partial charge in [0.25, 0.3) is 0 Å². The molecule has 3 rings (SSSR count). The van der Waals surface area contributed by atoms with Gasteiger partial charge in [0.05, 0.1) is 5.56 Å². The Morgan fingerprint density at radius 2 is 1.87 bits per heavy atom. The molecule has 2 N–H and O–H groups in total. The van der Waals surface area contributed by atoms with Crippen molar-refractivity contribution in [2.24, 2.45) is 0 Å². The molecule has 0 aliphatic carbocycles. The lowest BCUT2D eigenvalue weighted by Gasteiger charge is -2.14. The molecule has 156 valence electrons. The van der Waals surface area contributed by atoms with Gasteiger partial charge < -0.3 is 9.84 Å². The smallest absolute Gasteiger partial charge is 0.163 e. The number of ketones is 2. The van der Waals surface area contributed by atoms with Gasteiger partial charge in [0.1, 0.15) is 23.9 Å². The normalized spacial score (nSPS) is 10.7. The molecule has 0 atom stereocenters. The third-order valence-electron chi connectivity index (χ3n) is 4.81. The zero-order valence-electron chi connectivity index (χ0n) is 17.0. The van der Waals surface area contributed by atoms with Gasteiger partial charge in [-0.1, -0.05) is 19.4 Å². The zero-order valence-corrected chi connectivity index (χ0v) is 17.0. The van der Waals surface area contributed by atoms with Crippen molar-refractivity contribution < 1.29 is 19.4 Å². The topological polar surface area (TPSA) is 118 Å². The largest absolute Gasteiger partial charge is 0.507 e. The number of nitrogens with one attached hydrogen (secondary N) is 1. The van der Waals surface area contributed by atoms with E-state index in [-0.39, 0.29) is 23.9 Å². The average molecular weight is 408 g/mol. The van der Waals surface area contributed by atoms with Crippen LogP contribution in [-0.2, 0) is 19.4 Å². The number of aromatic amines is 1. The third-order valence-corrected chi connectivity index (χ3v) is 4.81. The molecular weight excluding hydrogens is 384 g/mol. The first-order valence-corrected chi connectivity index (χ1v) is 9.83. The maximum atomic E-state index is 12.3. The number of tetrazole rings is 1. The predicted molar refractivity (Wildman–Crippen MR) is 110 cm³/mol. The summed E-state index contributed by atoms with van der Waals surface area (Å²) in [5.74, 6) is 1.05. The van der Waals surface area contributed by atoms with Gasteiger partial charge in [-0.2, -0.15) is 0 Å². The molecule has 2 aromatic carbocycles. The lowest BCUT2D eigenvalue weighted by molar-refractivity contribution is 0.0980. The highest BCUT2D eigenvalue weighted by Gasteiger charge is 2.15. The molecule has 0 fully saturated rings. The van der Waals surface area contributed by atoms with Crippen LogP contribution in [0.1, 0.15) is 64.4 Å². The molecule has 0 aliphatic heterocycles. The van der Waals surface area contributed by atoms with Crippen LogP contribution in [0, 0.1) is 0 Å². The molecule has 0 spiro atoms. The van der Waals surface area contributed by atoms with Crippen LogP contribution in [0.4, 0.5) is 0 Å². The Balaban J connectivity index is 1.64. The molecule has 0 aliphatic rings. The zero-order chi connectivity index (χ0) is 21.5. The number of hydrogen-bond donors (Lipinski definition) is 2. The number of phenols is 1. The monoisotopic (exact) mass is 408 g/mol. The van der Waals surface area contributed by atoms with E-state index in [1.54, 1.807) is 30.3 Å². The van der Waals surface area contributed by atoms with Gasteiger partial charge in [-0.3, -0.25) is 9.59 Å². The van der Waals surface area contributed by atoms with Crippen molar-refractivity contribution in [1.82, 2.24) is 20.6 Å². The van der Waals surface area contributed by atoms with Gasteiger partial charge in [0, 0.05) is 24.0 Å². The second-order valence-electron chi connectivity index (χ2n) is 6.99. The Morgan fingerprint density at radius 3 is 2.50 bits per heavy atom. The fourth-order valence-electron chi connectivity index (χ4n) is 3.19. The highest BCUT2D eigenvalue weighted by Crippen LogP contribution is 2.29. The van der Waals surface area contributed by atoms with Crippen LogP contribution in [0.15, 0.2) is 36.4 Å². The van der Waals surface area contributed by atoms with E-state index in [9.17, 15) is 14.7 Å². The molecule has 0 unspecified atom stereocenters. The van der Waals surface area contributed by atoms with E-state index < -0.39 is 0 Å². The lowest BCUT2D eigenvalue weighted by Crippen LogP contribution is -2.05. The Labute approximate surface area is 174 Å². The minimum Gasteiger partial charge on any atom is -0.507 e. The Hall–Kier alpha value is -3.55. The number of rotatable bonds is 10. The third kappa shape index (κ3) is 5.08. The standard InChI is InChI=1S/C22H24N4O4/c1-3-4-19-16(7-10-18(14(2)27)22(19)29)13-30-17-8-5-15(6-9-17)20(28)11-12-21-23-25-26-24-21/h5-10,29H,3-4,11-13H2,1-2H3,(H,23,24,25,26). The summed E-state index contributed by atoms with van der Waals surface area (Å²) in [4.78, 5) is 24.0. The number of aryl methyl sites for hydroxylation is 1. The number of aromatic hydroxyl groups is 1. The van der Waals surface area contributed by atoms with Gasteiger partial charge in [-0.05, 0) is 59.7 Å². The van der Waals surface area contributed by atoms with Crippen molar-refractivity contribution in [2.75, 3.05) is 0 Å². The first-order chi connectivity index (χ1) is 14.5. The number of phenolic OH excluding ortho intramolecular Hbond substituents is 1. The number of Topliss-reactive ketones (excluding diaryl/α,β-unsaturated/α-hetero) is 2. The molecule has 0 radical (unpaired) electrons. The van der Waals surface area contributed by atoms with Gasteiger partial charge in [-0.25, -0.2) is 5.10 Å². The Morgan fingerprint density at radius 1 is 1.10 bits per heavy atom. The maximum absolute atomic E-state index is 12.3. The quantitative estimate of drug-likeness (QED) is 0.493. The van der Waals surface area contributed by atoms with Crippen molar-refractivity contribution in [3.8, 4) is 11.5 Å². The predicted octanol–water partition coefficient (Wildman–Crippen LogP) is 3.45. The fourth-order valence-corrected chi connectivity index (χ4v) is 3.19. The molecule has 0 amide bonds. The van der Waals surface area contributed by atoms with Crippen LogP contribution in [0.3, 0.4) is 0 Å². The lowest BCUT2D eigenvalue weighted by atomic mass is 9.97. The number of H-pyrrole nitrogens is 1. The second-order valence-corrected chi connectivity index (χ2v) is 6.99. The van der Waals surface area contributed by atoms with Crippen molar-refractivity contribution in [2.45, 2.75) is 46.1 Å². The summed E-state index contributed by atoms with van der Waals surface area (Å²) in [7, 11) is 0. The SMILES string of the molecule is CCCc1c(COc2ccc(C(=O)CCc3nnn[nH]3)cc2)ccc(C(C)=O)c1O. The van der Waals surface area contributed by atoms with Crippen molar-refractivity contribution in [1.29, 1.82) is 0 Å². The number of carbonyl (C=O) groups is 2. The molecular formula is C22H24N4O4. The van der Waals surface area contributed by atoms with Gasteiger partial charge in [-0.15, -0.1) is 5.10 Å². The molecule has 3 aromatic rings. The number of carbonyl (C=O) groups excluding carboxylic acids is 2. The van der Waals surface area contributed by atoms with E-state index in [1.807, 2.05) is 13.0 Å². The van der Waals surface area contributed by atoms with Crippen molar-refractivity contribution >= 4 is 11.6 Å². The van der Waals surface area contributed by atoms with Gasteiger partial charge in [0.15, 0.2) is 11.6 Å². The summed E-state index contributed by atoms with van der Waals surface area (Å²) < 4.78 is 5.85. The average Bonchev–Trinajstić information content (AvgIpc) is 3.26. The number of nitrogens with zero attached hydrogens (tertiary/aromatic N) is 3. The van der Waals surface area contributed by atoms with E-state index in [0.29, 0.717) is 42.0 Å². The molecule has 30 heavy (non-hydrogen) atoms. The van der Waals surface area contributed by atoms with E-state index in [2.05, 4.69) is 20.6 Å². The highest BCUT2D eigenvalue weighted by atomic mass is 16.5. The molecule has 8 heteroatoms. The van der Waals surface area contributed by atoms with Crippen molar-refractivity contribution in [3.63, 3.8) is 0 Å². The van der Waals surface area contributed by atoms with Gasteiger partial charge in [0.2, 0.25) is 0 Å². The molecule has 1 heterocycles. The van der Waals surface area contributed by atoms with E-state index in [0.717, 1.165) is 17.5 Å². The summed E-state index contributed by atoms with van der Waals surface area (Å²) >= 11 is 0. The van der Waals surface area contributed by atoms with Crippen LogP contribution in [0.5, 0.6) is 11.5 Å². The first kappa shape index (κ1) is 21.2. The molecule has 0 saturated carbocycles. The van der Waals surface area contributed by atoms with Crippen LogP contribution >= 0.6 is 0 Å². The first-order valence-electron chi connectivity index (χ1n) is 9.83. The summed E-state index contributed by atoms with van der Waals surface area (Å²) in [6.45, 7) is 3.71. The molecule has 1 aromatic heterocycles.